The second kappa shape index (κ2) is 15.7. The van der Waals surface area contributed by atoms with Gasteiger partial charge in [0, 0.05) is 26.7 Å². The molecule has 0 spiro atoms. The molecule has 7 nitrogen and oxygen atoms in total. The van der Waals surface area contributed by atoms with Gasteiger partial charge in [-0.3, -0.25) is 0 Å². The van der Waals surface area contributed by atoms with E-state index in [9.17, 15) is 31.5 Å². The third-order valence-electron chi connectivity index (χ3n) is 8.65. The number of sulfonamides is 1. The van der Waals surface area contributed by atoms with Crippen LogP contribution in [-0.2, 0) is 22.7 Å². The average molecular weight is 645 g/mol. The van der Waals surface area contributed by atoms with Crippen LogP contribution in [0.15, 0.2) is 89.8 Å². The zero-order valence-electron chi connectivity index (χ0n) is 25.5. The van der Waals surface area contributed by atoms with Crippen molar-refractivity contribution in [3.63, 3.8) is 0 Å². The molecule has 11 heteroatoms. The van der Waals surface area contributed by atoms with E-state index < -0.39 is 27.9 Å². The predicted molar refractivity (Wildman–Crippen MR) is 166 cm³/mol. The van der Waals surface area contributed by atoms with Crippen molar-refractivity contribution in [2.75, 3.05) is 39.8 Å². The maximum atomic E-state index is 13.2. The zero-order valence-corrected chi connectivity index (χ0v) is 26.3. The predicted octanol–water partition coefficient (Wildman–Crippen LogP) is 5.84. The van der Waals surface area contributed by atoms with Crippen molar-refractivity contribution < 1.29 is 31.5 Å². The summed E-state index contributed by atoms with van der Waals surface area (Å²) in [4.78, 5) is 15.5. The van der Waals surface area contributed by atoms with Crippen molar-refractivity contribution in [2.45, 2.75) is 55.6 Å². The fourth-order valence-corrected chi connectivity index (χ4v) is 7.17. The van der Waals surface area contributed by atoms with Crippen LogP contribution < -0.4 is 5.11 Å². The van der Waals surface area contributed by atoms with Crippen LogP contribution in [0.25, 0.3) is 0 Å². The summed E-state index contributed by atoms with van der Waals surface area (Å²) in [7, 11) is -1.97. The molecule has 0 bridgehead atoms. The number of carbonyl (C=O) groups excluding carboxylic acids is 1. The zero-order chi connectivity index (χ0) is 32.5. The van der Waals surface area contributed by atoms with Gasteiger partial charge in [0.25, 0.3) is 0 Å². The monoisotopic (exact) mass is 644 g/mol. The highest BCUT2D eigenvalue weighted by atomic mass is 32.2. The summed E-state index contributed by atoms with van der Waals surface area (Å²) < 4.78 is 66.3. The lowest BCUT2D eigenvalue weighted by Gasteiger charge is -2.34. The first-order chi connectivity index (χ1) is 21.4. The van der Waals surface area contributed by atoms with Crippen LogP contribution in [0.4, 0.5) is 18.0 Å². The topological polar surface area (TPSA) is 84.0 Å². The second-order valence-corrected chi connectivity index (χ2v) is 13.8. The molecule has 3 aromatic carbocycles. The van der Waals surface area contributed by atoms with Gasteiger partial charge in [0.15, 0.2) is 0 Å². The summed E-state index contributed by atoms with van der Waals surface area (Å²) in [5, 5.41) is 11.7. The Morgan fingerprint density at radius 2 is 1.56 bits per heavy atom. The molecule has 1 amide bonds. The number of likely N-dealkylation sites (tertiary alicyclic amines) is 1. The Morgan fingerprint density at radius 3 is 2.13 bits per heavy atom. The van der Waals surface area contributed by atoms with E-state index >= 15 is 0 Å². The fourth-order valence-electron chi connectivity index (χ4n) is 5.93. The number of piperidine rings is 1. The average Bonchev–Trinajstić information content (AvgIpc) is 3.03. The van der Waals surface area contributed by atoms with Crippen molar-refractivity contribution in [2.24, 2.45) is 5.92 Å². The van der Waals surface area contributed by atoms with Crippen LogP contribution in [0.2, 0.25) is 0 Å². The highest BCUT2D eigenvalue weighted by Crippen LogP contribution is 2.30. The Balaban J connectivity index is 1.24. The molecule has 1 atom stereocenters. The molecule has 1 unspecified atom stereocenters. The number of alkyl halides is 3. The summed E-state index contributed by atoms with van der Waals surface area (Å²) in [5.41, 5.74) is 0.825. The highest BCUT2D eigenvalue weighted by Gasteiger charge is 2.30. The Hall–Kier alpha value is -3.41. The van der Waals surface area contributed by atoms with Crippen LogP contribution in [0.5, 0.6) is 0 Å². The van der Waals surface area contributed by atoms with E-state index in [2.05, 4.69) is 4.90 Å². The highest BCUT2D eigenvalue weighted by molar-refractivity contribution is 7.89. The maximum Gasteiger partial charge on any atom is 0.416 e. The number of hydrogen-bond acceptors (Lipinski definition) is 5. The van der Waals surface area contributed by atoms with Gasteiger partial charge in [0.05, 0.1) is 10.5 Å². The lowest BCUT2D eigenvalue weighted by molar-refractivity contribution is -0.266. The number of rotatable bonds is 14. The molecule has 1 aliphatic heterocycles. The summed E-state index contributed by atoms with van der Waals surface area (Å²) in [6.07, 6.45) is -1.47. The first kappa shape index (κ1) is 34.5. The Morgan fingerprint density at radius 1 is 0.956 bits per heavy atom. The lowest BCUT2D eigenvalue weighted by atomic mass is 9.91. The second-order valence-electron chi connectivity index (χ2n) is 11.8. The summed E-state index contributed by atoms with van der Waals surface area (Å²) in [5.74, 6) is 0.496. The van der Waals surface area contributed by atoms with Crippen LogP contribution in [-0.4, -0.2) is 68.4 Å². The van der Waals surface area contributed by atoms with Crippen molar-refractivity contribution in [3.8, 4) is 0 Å². The standard InChI is InChI=1S/C34H42F3N3O4S/c1-38(45(43,44)32-12-6-3-7-13-32)26-30(29-10-4-2-5-11-29)20-24-39-22-18-27(19-23-39)9-8-21-40(33(41)42)25-28-14-16-31(17-15-28)34(35,36)37/h2-7,10-17,27,30H,8-9,18-26H2,1H3,(H,41,42)/p-1. The van der Waals surface area contributed by atoms with Gasteiger partial charge >= 0.3 is 6.18 Å². The van der Waals surface area contributed by atoms with E-state index in [4.69, 9.17) is 0 Å². The normalized spacial score (nSPS) is 15.7. The Bertz CT molecular complexity index is 1450. The van der Waals surface area contributed by atoms with Crippen LogP contribution in [0.3, 0.4) is 0 Å². The molecule has 244 valence electrons. The van der Waals surface area contributed by atoms with Gasteiger partial charge in [-0.25, -0.2) is 12.7 Å². The molecule has 0 saturated carbocycles. The number of nitrogens with zero attached hydrogens (tertiary/aromatic N) is 3. The molecule has 0 radical (unpaired) electrons. The third-order valence-corrected chi connectivity index (χ3v) is 10.5. The minimum absolute atomic E-state index is 0.0106. The van der Waals surface area contributed by atoms with Gasteiger partial charge in [-0.1, -0.05) is 60.7 Å². The summed E-state index contributed by atoms with van der Waals surface area (Å²) in [6.45, 7) is 3.31. The number of benzene rings is 3. The van der Waals surface area contributed by atoms with Crippen LogP contribution >= 0.6 is 0 Å². The maximum absolute atomic E-state index is 13.2. The number of hydrogen-bond donors (Lipinski definition) is 0. The van der Waals surface area contributed by atoms with Crippen molar-refractivity contribution in [1.82, 2.24) is 14.1 Å². The van der Waals surface area contributed by atoms with E-state index in [0.717, 1.165) is 67.9 Å². The summed E-state index contributed by atoms with van der Waals surface area (Å²) >= 11 is 0. The minimum atomic E-state index is -4.44. The molecule has 1 aliphatic rings. The molecular weight excluding hydrogens is 603 g/mol. The first-order valence-corrected chi connectivity index (χ1v) is 16.8. The molecule has 4 rings (SSSR count). The molecule has 1 heterocycles. The minimum Gasteiger partial charge on any atom is -0.530 e. The Labute approximate surface area is 264 Å². The smallest absolute Gasteiger partial charge is 0.416 e. The van der Waals surface area contributed by atoms with Crippen LogP contribution in [0.1, 0.15) is 54.7 Å². The Kier molecular flexibility index (Phi) is 12.0. The molecule has 0 aromatic heterocycles. The molecule has 1 fully saturated rings. The molecule has 45 heavy (non-hydrogen) atoms. The van der Waals surface area contributed by atoms with Crippen molar-refractivity contribution in [1.29, 1.82) is 0 Å². The van der Waals surface area contributed by atoms with Crippen molar-refractivity contribution >= 4 is 16.1 Å². The van der Waals surface area contributed by atoms with Crippen molar-refractivity contribution in [3.05, 3.63) is 102 Å². The van der Waals surface area contributed by atoms with Crippen LogP contribution in [0, 0.1) is 5.92 Å². The number of carboxylic acid groups (broad SMARTS) is 1. The quantitative estimate of drug-likeness (QED) is 0.220. The fraction of sp³-hybridized carbons (Fsp3) is 0.441. The van der Waals surface area contributed by atoms with Gasteiger partial charge in [-0.15, -0.1) is 0 Å². The molecule has 1 saturated heterocycles. The van der Waals surface area contributed by atoms with E-state index in [1.165, 1.54) is 16.4 Å². The van der Waals surface area contributed by atoms with E-state index in [0.29, 0.717) is 24.4 Å². The van der Waals surface area contributed by atoms with Gasteiger partial charge in [0.2, 0.25) is 10.0 Å². The first-order valence-electron chi connectivity index (χ1n) is 15.3. The van der Waals surface area contributed by atoms with E-state index in [-0.39, 0.29) is 23.9 Å². The van der Waals surface area contributed by atoms with E-state index in [1.54, 1.807) is 37.4 Å². The largest absolute Gasteiger partial charge is 0.530 e. The molecule has 0 aliphatic carbocycles. The van der Waals surface area contributed by atoms with Gasteiger partial charge in [-0.2, -0.15) is 13.2 Å². The molecular formula is C34H41F3N3O4S-. The third kappa shape index (κ3) is 10.0. The van der Waals surface area contributed by atoms with Gasteiger partial charge < -0.3 is 19.7 Å². The number of halogens is 3. The summed E-state index contributed by atoms with van der Waals surface area (Å²) in [6, 6.07) is 23.0. The van der Waals surface area contributed by atoms with Gasteiger partial charge in [0.1, 0.15) is 6.09 Å². The lowest BCUT2D eigenvalue weighted by Crippen LogP contribution is -2.41. The number of carbonyl (C=O) groups is 1. The molecule has 0 N–H and O–H groups in total. The molecule has 3 aromatic rings. The van der Waals surface area contributed by atoms with Gasteiger partial charge in [-0.05, 0) is 99.0 Å². The SMILES string of the molecule is CN(CC(CCN1CCC(CCCN(Cc2ccc(C(F)(F)F)cc2)C(=O)[O-])CC1)c1ccccc1)S(=O)(=O)c1ccccc1. The van der Waals surface area contributed by atoms with E-state index in [1.807, 2.05) is 30.3 Å². The number of likely N-dealkylation sites (N-methyl/N-ethyl adjacent to an activating group) is 1. The number of amides is 1.